The third-order valence-corrected chi connectivity index (χ3v) is 4.35. The van der Waals surface area contributed by atoms with Gasteiger partial charge in [-0.3, -0.25) is 14.7 Å². The van der Waals surface area contributed by atoms with Crippen LogP contribution in [0.4, 0.5) is 19.1 Å². The van der Waals surface area contributed by atoms with E-state index in [0.29, 0.717) is 12.1 Å². The SMILES string of the molecule is O=C(CCc1ccccc1)Nc1nc2cc(C(F)(F)F)cnc2n1C1=CC=C1. The quantitative estimate of drug-likeness (QED) is 0.708. The smallest absolute Gasteiger partial charge is 0.296 e. The number of allylic oxidation sites excluding steroid dienone is 4. The third-order valence-electron chi connectivity index (χ3n) is 4.35. The van der Waals surface area contributed by atoms with Crippen LogP contribution in [0.15, 0.2) is 60.8 Å². The summed E-state index contributed by atoms with van der Waals surface area (Å²) in [5.41, 5.74) is 1.14. The van der Waals surface area contributed by atoms with Crippen LogP contribution in [-0.2, 0) is 17.4 Å². The summed E-state index contributed by atoms with van der Waals surface area (Å²) >= 11 is 0. The topological polar surface area (TPSA) is 59.8 Å². The number of amides is 1. The van der Waals surface area contributed by atoms with Gasteiger partial charge in [-0.05, 0) is 30.2 Å². The van der Waals surface area contributed by atoms with Crippen molar-refractivity contribution >= 4 is 28.7 Å². The van der Waals surface area contributed by atoms with E-state index < -0.39 is 11.7 Å². The van der Waals surface area contributed by atoms with Crippen molar-refractivity contribution in [2.45, 2.75) is 19.0 Å². The van der Waals surface area contributed by atoms with E-state index in [0.717, 1.165) is 17.8 Å². The Morgan fingerprint density at radius 2 is 1.93 bits per heavy atom. The summed E-state index contributed by atoms with van der Waals surface area (Å²) in [7, 11) is 0. The number of aromatic nitrogens is 3. The lowest BCUT2D eigenvalue weighted by atomic mass is 10.1. The largest absolute Gasteiger partial charge is 0.417 e. The lowest BCUT2D eigenvalue weighted by Gasteiger charge is -2.13. The molecular formula is C20H15F3N4O. The molecule has 0 spiro atoms. The van der Waals surface area contributed by atoms with Gasteiger partial charge in [0.2, 0.25) is 11.9 Å². The Morgan fingerprint density at radius 1 is 1.18 bits per heavy atom. The highest BCUT2D eigenvalue weighted by Crippen LogP contribution is 2.32. The number of benzene rings is 1. The summed E-state index contributed by atoms with van der Waals surface area (Å²) in [5, 5.41) is 2.69. The Morgan fingerprint density at radius 3 is 2.57 bits per heavy atom. The van der Waals surface area contributed by atoms with Crippen molar-refractivity contribution in [3.05, 3.63) is 72.0 Å². The van der Waals surface area contributed by atoms with E-state index in [4.69, 9.17) is 0 Å². The second-order valence-electron chi connectivity index (χ2n) is 6.32. The Bertz CT molecular complexity index is 1100. The average molecular weight is 384 g/mol. The van der Waals surface area contributed by atoms with Crippen LogP contribution in [0.5, 0.6) is 0 Å². The number of carbonyl (C=O) groups is 1. The van der Waals surface area contributed by atoms with Gasteiger partial charge in [0.15, 0.2) is 5.65 Å². The predicted octanol–water partition coefficient (Wildman–Crippen LogP) is 4.43. The first-order valence-corrected chi connectivity index (χ1v) is 8.60. The van der Waals surface area contributed by atoms with Crippen molar-refractivity contribution in [1.29, 1.82) is 0 Å². The van der Waals surface area contributed by atoms with Crippen LogP contribution in [-0.4, -0.2) is 20.4 Å². The van der Waals surface area contributed by atoms with E-state index in [9.17, 15) is 18.0 Å². The molecule has 2 heterocycles. The fourth-order valence-corrected chi connectivity index (χ4v) is 2.87. The number of anilines is 1. The van der Waals surface area contributed by atoms with E-state index in [1.165, 1.54) is 4.57 Å². The van der Waals surface area contributed by atoms with Gasteiger partial charge >= 0.3 is 6.18 Å². The minimum atomic E-state index is -4.51. The molecule has 0 radical (unpaired) electrons. The number of aryl methyl sites for hydroxylation is 1. The molecule has 142 valence electrons. The Labute approximate surface area is 158 Å². The van der Waals surface area contributed by atoms with Gasteiger partial charge in [-0.2, -0.15) is 13.2 Å². The maximum Gasteiger partial charge on any atom is 0.417 e. The Balaban J connectivity index is 1.61. The summed E-state index contributed by atoms with van der Waals surface area (Å²) < 4.78 is 40.4. The second-order valence-corrected chi connectivity index (χ2v) is 6.32. The molecule has 8 heteroatoms. The molecule has 0 atom stereocenters. The van der Waals surface area contributed by atoms with Gasteiger partial charge in [0.1, 0.15) is 5.52 Å². The van der Waals surface area contributed by atoms with Crippen LogP contribution < -0.4 is 5.32 Å². The molecule has 1 N–H and O–H groups in total. The molecule has 4 rings (SSSR count). The maximum atomic E-state index is 13.0. The van der Waals surface area contributed by atoms with Crippen molar-refractivity contribution in [1.82, 2.24) is 14.5 Å². The van der Waals surface area contributed by atoms with Crippen LogP contribution in [0, 0.1) is 0 Å². The zero-order chi connectivity index (χ0) is 19.7. The summed E-state index contributed by atoms with van der Waals surface area (Å²) in [6.45, 7) is 0. The van der Waals surface area contributed by atoms with Gasteiger partial charge < -0.3 is 0 Å². The first-order valence-electron chi connectivity index (χ1n) is 8.60. The first-order chi connectivity index (χ1) is 13.4. The fraction of sp³-hybridized carbons (Fsp3) is 0.150. The van der Waals surface area contributed by atoms with E-state index in [2.05, 4.69) is 15.3 Å². The summed E-state index contributed by atoms with van der Waals surface area (Å²) in [5.74, 6) is -0.129. The maximum absolute atomic E-state index is 13.0. The van der Waals surface area contributed by atoms with Gasteiger partial charge in [-0.25, -0.2) is 9.97 Å². The van der Waals surface area contributed by atoms with Crippen molar-refractivity contribution in [3.63, 3.8) is 0 Å². The molecule has 1 aromatic carbocycles. The van der Waals surface area contributed by atoms with Crippen LogP contribution in [0.1, 0.15) is 17.5 Å². The second kappa shape index (κ2) is 6.95. The summed E-state index contributed by atoms with van der Waals surface area (Å²) in [4.78, 5) is 20.5. The highest BCUT2D eigenvalue weighted by molar-refractivity contribution is 5.93. The molecule has 1 aliphatic rings. The molecule has 2 aromatic heterocycles. The Kier molecular flexibility index (Phi) is 4.46. The van der Waals surface area contributed by atoms with E-state index in [1.54, 1.807) is 18.2 Å². The molecule has 0 saturated carbocycles. The molecule has 5 nitrogen and oxygen atoms in total. The number of carbonyl (C=O) groups excluding carboxylic acids is 1. The zero-order valence-corrected chi connectivity index (χ0v) is 14.6. The highest BCUT2D eigenvalue weighted by Gasteiger charge is 2.32. The van der Waals surface area contributed by atoms with Gasteiger partial charge in [0.05, 0.1) is 11.3 Å². The molecule has 0 fully saturated rings. The molecule has 0 unspecified atom stereocenters. The van der Waals surface area contributed by atoms with Crippen molar-refractivity contribution in [2.24, 2.45) is 0 Å². The number of rotatable bonds is 5. The van der Waals surface area contributed by atoms with E-state index >= 15 is 0 Å². The fourth-order valence-electron chi connectivity index (χ4n) is 2.87. The average Bonchev–Trinajstić information content (AvgIpc) is 2.96. The van der Waals surface area contributed by atoms with Crippen LogP contribution in [0.3, 0.4) is 0 Å². The molecule has 0 saturated heterocycles. The number of imidazole rings is 1. The first kappa shape index (κ1) is 18.0. The number of hydrogen-bond acceptors (Lipinski definition) is 3. The van der Waals surface area contributed by atoms with Crippen molar-refractivity contribution < 1.29 is 18.0 Å². The van der Waals surface area contributed by atoms with Crippen LogP contribution in [0.25, 0.3) is 16.9 Å². The number of halogens is 3. The number of pyridine rings is 1. The molecule has 0 bridgehead atoms. The van der Waals surface area contributed by atoms with Gasteiger partial charge in [-0.1, -0.05) is 36.4 Å². The van der Waals surface area contributed by atoms with Crippen LogP contribution in [0.2, 0.25) is 0 Å². The molecule has 1 amide bonds. The monoisotopic (exact) mass is 384 g/mol. The standard InChI is InChI=1S/C20H15F3N4O/c21-20(22,23)14-11-16-18(24-12-14)27(15-7-4-8-15)19(25-16)26-17(28)10-9-13-5-2-1-3-6-13/h1-8,11-12H,9-10H2,(H,25,26,28). The van der Waals surface area contributed by atoms with Gasteiger partial charge in [0, 0.05) is 12.6 Å². The highest BCUT2D eigenvalue weighted by atomic mass is 19.4. The van der Waals surface area contributed by atoms with E-state index in [-0.39, 0.29) is 29.4 Å². The number of nitrogens with one attached hydrogen (secondary N) is 1. The number of fused-ring (bicyclic) bond motifs is 1. The van der Waals surface area contributed by atoms with Crippen LogP contribution >= 0.6 is 0 Å². The molecule has 28 heavy (non-hydrogen) atoms. The number of nitrogens with zero attached hydrogens (tertiary/aromatic N) is 3. The van der Waals surface area contributed by atoms with Gasteiger partial charge in [-0.15, -0.1) is 0 Å². The Hall–Kier alpha value is -3.42. The number of alkyl halides is 3. The third kappa shape index (κ3) is 3.53. The minimum absolute atomic E-state index is 0.0642. The lowest BCUT2D eigenvalue weighted by molar-refractivity contribution is -0.137. The molecule has 1 aliphatic carbocycles. The minimum Gasteiger partial charge on any atom is -0.296 e. The summed E-state index contributed by atoms with van der Waals surface area (Å²) in [6, 6.07) is 10.5. The van der Waals surface area contributed by atoms with Crippen molar-refractivity contribution in [2.75, 3.05) is 5.32 Å². The molecule has 3 aromatic rings. The normalized spacial score (nSPS) is 13.3. The summed E-state index contributed by atoms with van der Waals surface area (Å²) in [6.07, 6.45) is 2.34. The predicted molar refractivity (Wildman–Crippen MR) is 99.3 cm³/mol. The number of hydrogen-bond donors (Lipinski definition) is 1. The molecule has 0 aliphatic heterocycles. The van der Waals surface area contributed by atoms with Gasteiger partial charge in [0.25, 0.3) is 0 Å². The lowest BCUT2D eigenvalue weighted by Crippen LogP contribution is -2.16. The van der Waals surface area contributed by atoms with E-state index in [1.807, 2.05) is 30.3 Å². The van der Waals surface area contributed by atoms with Crippen molar-refractivity contribution in [3.8, 4) is 0 Å². The molecular weight excluding hydrogens is 369 g/mol. The zero-order valence-electron chi connectivity index (χ0n) is 14.6.